The Balaban J connectivity index is 1.38. The summed E-state index contributed by atoms with van der Waals surface area (Å²) in [6.45, 7) is 0.628. The van der Waals surface area contributed by atoms with E-state index in [1.165, 1.54) is 0 Å². The van der Waals surface area contributed by atoms with Gasteiger partial charge >= 0.3 is 0 Å². The van der Waals surface area contributed by atoms with Crippen molar-refractivity contribution in [2.24, 2.45) is 0 Å². The number of likely N-dealkylation sites (tertiary alicyclic amines) is 1. The standard InChI is InChI=1S/C18H18N4O3/c19-10-12-3-7-14(8-4-12)24-11-16(23)22-9-1-2-15(22)17-20-18(25-21-17)13-5-6-13/h3-4,7-8,13,15H,1-2,5-6,9,11H2/t15-/m1/s1. The zero-order valence-electron chi connectivity index (χ0n) is 13.7. The van der Waals surface area contributed by atoms with Crippen molar-refractivity contribution in [2.45, 2.75) is 37.6 Å². The van der Waals surface area contributed by atoms with Crippen molar-refractivity contribution in [3.63, 3.8) is 0 Å². The van der Waals surface area contributed by atoms with Gasteiger partial charge < -0.3 is 14.2 Å². The second kappa shape index (κ2) is 6.55. The highest BCUT2D eigenvalue weighted by Crippen LogP contribution is 2.40. The normalized spacial score (nSPS) is 19.6. The summed E-state index contributed by atoms with van der Waals surface area (Å²) >= 11 is 0. The van der Waals surface area contributed by atoms with Gasteiger partial charge in [-0.2, -0.15) is 10.2 Å². The number of nitriles is 1. The molecule has 0 unspecified atom stereocenters. The molecule has 2 aliphatic rings. The van der Waals surface area contributed by atoms with Crippen LogP contribution in [0.4, 0.5) is 0 Å². The zero-order valence-corrected chi connectivity index (χ0v) is 13.7. The number of carbonyl (C=O) groups is 1. The molecule has 1 aliphatic heterocycles. The quantitative estimate of drug-likeness (QED) is 0.832. The lowest BCUT2D eigenvalue weighted by Crippen LogP contribution is -2.34. The fourth-order valence-electron chi connectivity index (χ4n) is 3.07. The lowest BCUT2D eigenvalue weighted by atomic mass is 10.2. The number of aromatic nitrogens is 2. The lowest BCUT2D eigenvalue weighted by Gasteiger charge is -2.22. The van der Waals surface area contributed by atoms with Gasteiger partial charge in [-0.05, 0) is 49.9 Å². The second-order valence-electron chi connectivity index (χ2n) is 6.44. The monoisotopic (exact) mass is 338 g/mol. The van der Waals surface area contributed by atoms with Crippen LogP contribution in [0.25, 0.3) is 0 Å². The van der Waals surface area contributed by atoms with Crippen molar-refractivity contribution in [1.82, 2.24) is 15.0 Å². The molecule has 7 nitrogen and oxygen atoms in total. The molecule has 2 fully saturated rings. The van der Waals surface area contributed by atoms with Gasteiger partial charge in [-0.15, -0.1) is 0 Å². The predicted molar refractivity (Wildman–Crippen MR) is 86.6 cm³/mol. The average molecular weight is 338 g/mol. The molecule has 0 bridgehead atoms. The van der Waals surface area contributed by atoms with E-state index < -0.39 is 0 Å². The Labute approximate surface area is 145 Å². The molecule has 2 heterocycles. The van der Waals surface area contributed by atoms with Gasteiger partial charge in [0.2, 0.25) is 5.89 Å². The molecule has 1 atom stereocenters. The maximum absolute atomic E-state index is 12.5. The van der Waals surface area contributed by atoms with Gasteiger partial charge in [0.1, 0.15) is 5.75 Å². The predicted octanol–water partition coefficient (Wildman–Crippen LogP) is 2.56. The summed E-state index contributed by atoms with van der Waals surface area (Å²) in [5.74, 6) is 2.18. The van der Waals surface area contributed by atoms with Crippen molar-refractivity contribution in [1.29, 1.82) is 5.26 Å². The molecule has 2 aromatic rings. The van der Waals surface area contributed by atoms with Crippen LogP contribution in [0.5, 0.6) is 5.75 Å². The molecule has 7 heteroatoms. The summed E-state index contributed by atoms with van der Waals surface area (Å²) in [7, 11) is 0. The number of hydrogen-bond acceptors (Lipinski definition) is 6. The van der Waals surface area contributed by atoms with Crippen LogP contribution >= 0.6 is 0 Å². The molecule has 0 radical (unpaired) electrons. The van der Waals surface area contributed by atoms with Gasteiger partial charge in [-0.1, -0.05) is 5.16 Å². The third-order valence-electron chi connectivity index (χ3n) is 4.60. The van der Waals surface area contributed by atoms with E-state index in [0.717, 1.165) is 25.7 Å². The highest BCUT2D eigenvalue weighted by molar-refractivity contribution is 5.78. The van der Waals surface area contributed by atoms with Crippen LogP contribution in [-0.2, 0) is 4.79 Å². The number of rotatable bonds is 5. The van der Waals surface area contributed by atoms with Gasteiger partial charge in [0.25, 0.3) is 5.91 Å². The van der Waals surface area contributed by atoms with E-state index in [0.29, 0.717) is 35.5 Å². The smallest absolute Gasteiger partial charge is 0.261 e. The van der Waals surface area contributed by atoms with E-state index in [1.807, 2.05) is 6.07 Å². The summed E-state index contributed by atoms with van der Waals surface area (Å²) in [6, 6.07) is 8.62. The molecule has 1 saturated carbocycles. The van der Waals surface area contributed by atoms with Gasteiger partial charge in [-0.25, -0.2) is 0 Å². The van der Waals surface area contributed by atoms with E-state index in [9.17, 15) is 4.79 Å². The van der Waals surface area contributed by atoms with Crippen molar-refractivity contribution < 1.29 is 14.1 Å². The Morgan fingerprint density at radius 3 is 2.84 bits per heavy atom. The molecule has 1 aromatic heterocycles. The van der Waals surface area contributed by atoms with E-state index in [4.69, 9.17) is 14.5 Å². The molecular formula is C18H18N4O3. The van der Waals surface area contributed by atoms with Gasteiger partial charge in [-0.3, -0.25) is 4.79 Å². The third-order valence-corrected chi connectivity index (χ3v) is 4.60. The number of benzene rings is 1. The highest BCUT2D eigenvalue weighted by Gasteiger charge is 2.36. The third kappa shape index (κ3) is 3.33. The summed E-state index contributed by atoms with van der Waals surface area (Å²) in [4.78, 5) is 18.8. The average Bonchev–Trinajstić information content (AvgIpc) is 3.18. The summed E-state index contributed by atoms with van der Waals surface area (Å²) in [6.07, 6.45) is 3.97. The van der Waals surface area contributed by atoms with Gasteiger partial charge in [0.05, 0.1) is 17.7 Å². The minimum atomic E-state index is -0.131. The Bertz CT molecular complexity index is 804. The maximum atomic E-state index is 12.5. The number of nitrogens with zero attached hydrogens (tertiary/aromatic N) is 4. The van der Waals surface area contributed by atoms with Crippen molar-refractivity contribution in [3.8, 4) is 11.8 Å². The van der Waals surface area contributed by atoms with E-state index in [1.54, 1.807) is 29.2 Å². The summed E-state index contributed by atoms with van der Waals surface area (Å²) < 4.78 is 10.9. The van der Waals surface area contributed by atoms with Crippen LogP contribution in [0.15, 0.2) is 28.8 Å². The first-order valence-electron chi connectivity index (χ1n) is 8.50. The number of carbonyl (C=O) groups excluding carboxylic acids is 1. The molecule has 25 heavy (non-hydrogen) atoms. The molecule has 128 valence electrons. The molecule has 1 amide bonds. The molecule has 1 aromatic carbocycles. The molecular weight excluding hydrogens is 320 g/mol. The topological polar surface area (TPSA) is 92.2 Å². The van der Waals surface area contributed by atoms with Gasteiger partial charge in [0, 0.05) is 12.5 Å². The van der Waals surface area contributed by atoms with Crippen LogP contribution < -0.4 is 4.74 Å². The maximum Gasteiger partial charge on any atom is 0.261 e. The van der Waals surface area contributed by atoms with Crippen LogP contribution in [0.3, 0.4) is 0 Å². The minimum absolute atomic E-state index is 0.0459. The highest BCUT2D eigenvalue weighted by atomic mass is 16.5. The van der Waals surface area contributed by atoms with Crippen LogP contribution in [0.1, 0.15) is 54.9 Å². The minimum Gasteiger partial charge on any atom is -0.484 e. The first-order chi connectivity index (χ1) is 12.2. The van der Waals surface area contributed by atoms with Crippen molar-refractivity contribution in [2.75, 3.05) is 13.2 Å². The van der Waals surface area contributed by atoms with E-state index in [2.05, 4.69) is 10.1 Å². The molecule has 4 rings (SSSR count). The van der Waals surface area contributed by atoms with E-state index >= 15 is 0 Å². The Morgan fingerprint density at radius 2 is 2.12 bits per heavy atom. The first-order valence-corrected chi connectivity index (χ1v) is 8.50. The van der Waals surface area contributed by atoms with E-state index in [-0.39, 0.29) is 18.6 Å². The van der Waals surface area contributed by atoms with Gasteiger partial charge in [0.15, 0.2) is 12.4 Å². The number of amides is 1. The van der Waals surface area contributed by atoms with Crippen LogP contribution in [0.2, 0.25) is 0 Å². The fourth-order valence-corrected chi connectivity index (χ4v) is 3.07. The van der Waals surface area contributed by atoms with Crippen molar-refractivity contribution >= 4 is 5.91 Å². The summed E-state index contributed by atoms with van der Waals surface area (Å²) in [5.41, 5.74) is 0.557. The molecule has 0 spiro atoms. The zero-order chi connectivity index (χ0) is 17.2. The Kier molecular flexibility index (Phi) is 4.10. The lowest BCUT2D eigenvalue weighted by molar-refractivity contribution is -0.134. The molecule has 1 aliphatic carbocycles. The fraction of sp³-hybridized carbons (Fsp3) is 0.444. The van der Waals surface area contributed by atoms with Crippen molar-refractivity contribution in [3.05, 3.63) is 41.5 Å². The molecule has 0 N–H and O–H groups in total. The Morgan fingerprint density at radius 1 is 1.32 bits per heavy atom. The summed E-state index contributed by atoms with van der Waals surface area (Å²) in [5, 5.41) is 12.9. The molecule has 1 saturated heterocycles. The van der Waals surface area contributed by atoms with Crippen LogP contribution in [0, 0.1) is 11.3 Å². The number of hydrogen-bond donors (Lipinski definition) is 0. The largest absolute Gasteiger partial charge is 0.484 e. The number of ether oxygens (including phenoxy) is 1. The SMILES string of the molecule is N#Cc1ccc(OCC(=O)N2CCC[C@@H]2c2noc(C3CC3)n2)cc1. The van der Waals surface area contributed by atoms with Crippen LogP contribution in [-0.4, -0.2) is 34.1 Å². The Hall–Kier alpha value is -2.88. The first kappa shape index (κ1) is 15.6. The second-order valence-corrected chi connectivity index (χ2v) is 6.44.